The molecule has 7 rings (SSSR count). The first-order valence-electron chi connectivity index (χ1n) is 11.5. The molecule has 0 saturated carbocycles. The van der Waals surface area contributed by atoms with E-state index in [2.05, 4.69) is 4.98 Å². The molecule has 0 bridgehead atoms. The van der Waals surface area contributed by atoms with E-state index in [0.29, 0.717) is 45.0 Å². The van der Waals surface area contributed by atoms with Crippen molar-refractivity contribution >= 4 is 27.8 Å². The maximum atomic E-state index is 13.5. The molecular weight excluding hydrogens is 450 g/mol. The lowest BCUT2D eigenvalue weighted by molar-refractivity contribution is 0.616. The Bertz CT molecular complexity index is 1900. The second kappa shape index (κ2) is 7.95. The molecule has 0 saturated heterocycles. The Balaban J connectivity index is 1.47. The van der Waals surface area contributed by atoms with Crippen molar-refractivity contribution in [3.8, 4) is 34.2 Å². The fraction of sp³-hybridized carbons (Fsp3) is 0. The summed E-state index contributed by atoms with van der Waals surface area (Å²) in [4.78, 5) is 32.3. The van der Waals surface area contributed by atoms with Gasteiger partial charge in [-0.1, -0.05) is 72.8 Å². The minimum absolute atomic E-state index is 0.206. The van der Waals surface area contributed by atoms with Gasteiger partial charge in [0.2, 0.25) is 0 Å². The summed E-state index contributed by atoms with van der Waals surface area (Å²) < 4.78 is 7.49. The van der Waals surface area contributed by atoms with Gasteiger partial charge < -0.3 is 4.42 Å². The molecule has 0 aliphatic rings. The Hall–Kier alpha value is -5.17. The van der Waals surface area contributed by atoms with Crippen molar-refractivity contribution in [3.05, 3.63) is 113 Å². The van der Waals surface area contributed by atoms with Crippen LogP contribution in [0.3, 0.4) is 0 Å². The van der Waals surface area contributed by atoms with Crippen molar-refractivity contribution in [2.75, 3.05) is 0 Å². The summed E-state index contributed by atoms with van der Waals surface area (Å²) in [6.07, 6.45) is 0. The molecule has 0 radical (unpaired) electrons. The molecule has 0 atom stereocenters. The Morgan fingerprint density at radius 3 is 1.83 bits per heavy atom. The van der Waals surface area contributed by atoms with Gasteiger partial charge >= 0.3 is 5.84 Å². The fourth-order valence-electron chi connectivity index (χ4n) is 4.35. The molecule has 0 spiro atoms. The van der Waals surface area contributed by atoms with E-state index < -0.39 is 0 Å². The summed E-state index contributed by atoms with van der Waals surface area (Å²) in [5.74, 6) is 1.85. The minimum atomic E-state index is -0.206. The smallest absolute Gasteiger partial charge is 0.310 e. The first-order valence-corrected chi connectivity index (χ1v) is 11.5. The number of para-hydroxylation sites is 2. The Kier molecular flexibility index (Phi) is 4.47. The van der Waals surface area contributed by atoms with Crippen molar-refractivity contribution in [3.63, 3.8) is 0 Å². The van der Waals surface area contributed by atoms with Crippen LogP contribution in [0.1, 0.15) is 0 Å². The van der Waals surface area contributed by atoms with Crippen molar-refractivity contribution in [2.24, 2.45) is 0 Å². The van der Waals surface area contributed by atoms with Crippen molar-refractivity contribution < 1.29 is 4.42 Å². The Morgan fingerprint density at radius 2 is 1.17 bits per heavy atom. The van der Waals surface area contributed by atoms with Gasteiger partial charge in [-0.05, 0) is 30.3 Å². The average molecular weight is 467 g/mol. The van der Waals surface area contributed by atoms with Crippen LogP contribution in [-0.2, 0) is 0 Å². The molecular formula is C29H17N5O2. The summed E-state index contributed by atoms with van der Waals surface area (Å²) in [7, 11) is 0. The van der Waals surface area contributed by atoms with Crippen LogP contribution in [0.25, 0.3) is 62.0 Å². The molecule has 36 heavy (non-hydrogen) atoms. The molecule has 3 heterocycles. The Labute approximate surface area is 204 Å². The predicted octanol–water partition coefficient (Wildman–Crippen LogP) is 5.78. The lowest BCUT2D eigenvalue weighted by Gasteiger charge is -2.09. The number of hydrogen-bond donors (Lipinski definition) is 0. The molecule has 0 unspecified atom stereocenters. The van der Waals surface area contributed by atoms with Gasteiger partial charge in [0.15, 0.2) is 17.5 Å². The second-order valence-electron chi connectivity index (χ2n) is 8.37. The molecule has 7 heteroatoms. The van der Waals surface area contributed by atoms with Crippen LogP contribution in [0.15, 0.2) is 112 Å². The number of imidazole rings is 1. The van der Waals surface area contributed by atoms with Crippen molar-refractivity contribution in [2.45, 2.75) is 0 Å². The van der Waals surface area contributed by atoms with E-state index >= 15 is 0 Å². The fourth-order valence-corrected chi connectivity index (χ4v) is 4.35. The molecule has 7 nitrogen and oxygen atoms in total. The third-order valence-electron chi connectivity index (χ3n) is 6.10. The molecule has 7 aromatic rings. The lowest BCUT2D eigenvalue weighted by atomic mass is 10.1. The second-order valence-corrected chi connectivity index (χ2v) is 8.37. The summed E-state index contributed by atoms with van der Waals surface area (Å²) in [6, 6.07) is 32.4. The van der Waals surface area contributed by atoms with E-state index in [1.807, 2.05) is 91.0 Å². The van der Waals surface area contributed by atoms with Crippen LogP contribution in [0.2, 0.25) is 0 Å². The summed E-state index contributed by atoms with van der Waals surface area (Å²) in [5.41, 5.74) is 4.10. The Morgan fingerprint density at radius 1 is 0.583 bits per heavy atom. The van der Waals surface area contributed by atoms with E-state index in [1.165, 1.54) is 4.40 Å². The highest BCUT2D eigenvalue weighted by molar-refractivity contribution is 5.85. The maximum absolute atomic E-state index is 13.5. The average Bonchev–Trinajstić information content (AvgIpc) is 3.32. The van der Waals surface area contributed by atoms with Gasteiger partial charge in [0.1, 0.15) is 5.58 Å². The van der Waals surface area contributed by atoms with Gasteiger partial charge in [0.25, 0.3) is 5.56 Å². The molecule has 0 aliphatic carbocycles. The molecule has 0 fully saturated rings. The number of aromatic nitrogens is 5. The van der Waals surface area contributed by atoms with E-state index in [-0.39, 0.29) is 11.4 Å². The van der Waals surface area contributed by atoms with Crippen LogP contribution >= 0.6 is 0 Å². The first kappa shape index (κ1) is 20.2. The summed E-state index contributed by atoms with van der Waals surface area (Å²) in [5, 5.41) is 0.422. The molecule has 170 valence electrons. The zero-order valence-electron chi connectivity index (χ0n) is 18.9. The van der Waals surface area contributed by atoms with E-state index in [9.17, 15) is 4.79 Å². The summed E-state index contributed by atoms with van der Waals surface area (Å²) in [6.45, 7) is 0. The summed E-state index contributed by atoms with van der Waals surface area (Å²) >= 11 is 0. The van der Waals surface area contributed by atoms with E-state index in [0.717, 1.165) is 11.1 Å². The molecule has 0 aliphatic heterocycles. The van der Waals surface area contributed by atoms with Crippen molar-refractivity contribution in [1.82, 2.24) is 24.3 Å². The highest BCUT2D eigenvalue weighted by Gasteiger charge is 2.16. The first-order chi connectivity index (χ1) is 17.7. The highest BCUT2D eigenvalue weighted by atomic mass is 16.3. The molecule has 3 aromatic heterocycles. The van der Waals surface area contributed by atoms with Gasteiger partial charge in [-0.2, -0.15) is 4.98 Å². The third kappa shape index (κ3) is 3.25. The lowest BCUT2D eigenvalue weighted by Crippen LogP contribution is -2.12. The van der Waals surface area contributed by atoms with E-state index in [4.69, 9.17) is 19.4 Å². The minimum Gasteiger partial charge on any atom is -0.424 e. The monoisotopic (exact) mass is 467 g/mol. The van der Waals surface area contributed by atoms with Gasteiger partial charge in [0.05, 0.1) is 16.4 Å². The molecule has 0 N–H and O–H groups in total. The quantitative estimate of drug-likeness (QED) is 0.327. The van der Waals surface area contributed by atoms with Gasteiger partial charge in [-0.15, -0.1) is 0 Å². The van der Waals surface area contributed by atoms with Gasteiger partial charge in [-0.3, -0.25) is 4.79 Å². The van der Waals surface area contributed by atoms with Crippen LogP contribution < -0.4 is 5.56 Å². The predicted molar refractivity (Wildman–Crippen MR) is 138 cm³/mol. The largest absolute Gasteiger partial charge is 0.424 e. The van der Waals surface area contributed by atoms with Crippen LogP contribution in [-0.4, -0.2) is 24.3 Å². The standard InChI is InChI=1S/C29H17N5O2/c35-28-21-17-20(15-16-24(21)36-29-30-22-13-7-8-14-23(22)34(28)29)27-32-25(18-9-3-1-4-10-18)31-26(33-27)19-11-5-2-6-12-19/h1-17H. The SMILES string of the molecule is O=c1c2cc(-c3nc(-c4ccccc4)nc(-c4ccccc4)n3)ccc2oc2nc3ccccc3n12. The van der Waals surface area contributed by atoms with Gasteiger partial charge in [0, 0.05) is 16.7 Å². The number of fused-ring (bicyclic) bond motifs is 4. The molecule has 4 aromatic carbocycles. The third-order valence-corrected chi connectivity index (χ3v) is 6.10. The van der Waals surface area contributed by atoms with Gasteiger partial charge in [-0.25, -0.2) is 19.4 Å². The number of benzene rings is 4. The topological polar surface area (TPSA) is 86.2 Å². The van der Waals surface area contributed by atoms with Crippen LogP contribution in [0, 0.1) is 0 Å². The van der Waals surface area contributed by atoms with Crippen molar-refractivity contribution in [1.29, 1.82) is 0 Å². The molecule has 0 amide bonds. The highest BCUT2D eigenvalue weighted by Crippen LogP contribution is 2.27. The van der Waals surface area contributed by atoms with E-state index in [1.54, 1.807) is 12.1 Å². The van der Waals surface area contributed by atoms with Crippen LogP contribution in [0.5, 0.6) is 0 Å². The zero-order valence-corrected chi connectivity index (χ0v) is 18.9. The number of rotatable bonds is 3. The van der Waals surface area contributed by atoms with Crippen LogP contribution in [0.4, 0.5) is 0 Å². The zero-order chi connectivity index (χ0) is 24.1. The maximum Gasteiger partial charge on any atom is 0.310 e. The number of hydrogen-bond acceptors (Lipinski definition) is 6. The number of nitrogens with zero attached hydrogens (tertiary/aromatic N) is 5. The normalized spacial score (nSPS) is 11.4.